The van der Waals surface area contributed by atoms with Crippen molar-refractivity contribution in [1.29, 1.82) is 0 Å². The fourth-order valence-electron chi connectivity index (χ4n) is 2.36. The number of halogens is 1. The molecule has 1 N–H and O–H groups in total. The molecule has 0 atom stereocenters. The maximum atomic E-state index is 12.7. The van der Waals surface area contributed by atoms with Gasteiger partial charge in [0.1, 0.15) is 0 Å². The number of benzene rings is 1. The Kier molecular flexibility index (Phi) is 6.81. The molecule has 2 rings (SSSR count). The van der Waals surface area contributed by atoms with Crippen LogP contribution >= 0.6 is 24.2 Å². The normalized spacial score (nSPS) is 17.7. The molecule has 1 fully saturated rings. The van der Waals surface area contributed by atoms with E-state index >= 15 is 0 Å². The van der Waals surface area contributed by atoms with Crippen LogP contribution in [0.3, 0.4) is 0 Å². The first-order valence-corrected chi connectivity index (χ1v) is 9.06. The fraction of sp³-hybridized carbons (Fsp3) is 0.538. The molecule has 1 aliphatic heterocycles. The molecule has 0 radical (unpaired) electrons. The summed E-state index contributed by atoms with van der Waals surface area (Å²) in [7, 11) is -1.42. The van der Waals surface area contributed by atoms with Gasteiger partial charge in [-0.05, 0) is 38.3 Å². The van der Waals surface area contributed by atoms with Crippen molar-refractivity contribution in [3.8, 4) is 0 Å². The van der Waals surface area contributed by atoms with Crippen LogP contribution in [0, 0.1) is 0 Å². The second-order valence-electron chi connectivity index (χ2n) is 4.62. The average Bonchev–Trinajstić information content (AvgIpc) is 2.47. The summed E-state index contributed by atoms with van der Waals surface area (Å²) in [5.41, 5.74) is 0. The molecule has 114 valence electrons. The number of rotatable bonds is 4. The van der Waals surface area contributed by atoms with Gasteiger partial charge in [0.2, 0.25) is 10.0 Å². The van der Waals surface area contributed by atoms with Gasteiger partial charge in [0, 0.05) is 24.0 Å². The van der Waals surface area contributed by atoms with Crippen molar-refractivity contribution in [2.24, 2.45) is 0 Å². The largest absolute Gasteiger partial charge is 0.317 e. The van der Waals surface area contributed by atoms with Gasteiger partial charge < -0.3 is 5.32 Å². The number of nitrogens with one attached hydrogen (secondary N) is 1. The molecule has 1 saturated heterocycles. The summed E-state index contributed by atoms with van der Waals surface area (Å²) < 4.78 is 26.9. The molecular weight excluding hydrogens is 316 g/mol. The third-order valence-electron chi connectivity index (χ3n) is 3.55. The predicted molar refractivity (Wildman–Crippen MR) is 86.3 cm³/mol. The van der Waals surface area contributed by atoms with Crippen molar-refractivity contribution >= 4 is 34.2 Å². The number of sulfonamides is 1. The molecule has 0 aliphatic carbocycles. The smallest absolute Gasteiger partial charge is 0.244 e. The summed E-state index contributed by atoms with van der Waals surface area (Å²) in [5.74, 6) is 0. The first-order valence-electron chi connectivity index (χ1n) is 6.40. The summed E-state index contributed by atoms with van der Waals surface area (Å²) in [5, 5.41) is 3.21. The van der Waals surface area contributed by atoms with Gasteiger partial charge in [0.25, 0.3) is 0 Å². The Morgan fingerprint density at radius 1 is 1.25 bits per heavy atom. The Bertz CT molecular complexity index is 529. The highest BCUT2D eigenvalue weighted by Gasteiger charge is 2.30. The van der Waals surface area contributed by atoms with E-state index in [1.54, 1.807) is 16.4 Å². The van der Waals surface area contributed by atoms with Gasteiger partial charge in [-0.1, -0.05) is 12.1 Å². The molecule has 1 heterocycles. The van der Waals surface area contributed by atoms with Crippen LogP contribution in [0.15, 0.2) is 34.1 Å². The van der Waals surface area contributed by atoms with E-state index in [2.05, 4.69) is 5.32 Å². The van der Waals surface area contributed by atoms with E-state index in [0.717, 1.165) is 17.7 Å². The number of piperidine rings is 1. The van der Waals surface area contributed by atoms with Gasteiger partial charge >= 0.3 is 0 Å². The third kappa shape index (κ3) is 3.68. The second kappa shape index (κ2) is 7.66. The highest BCUT2D eigenvalue weighted by atomic mass is 35.5. The van der Waals surface area contributed by atoms with Crippen LogP contribution in [0.5, 0.6) is 0 Å². The van der Waals surface area contributed by atoms with Crippen LogP contribution < -0.4 is 5.32 Å². The van der Waals surface area contributed by atoms with Crippen molar-refractivity contribution in [2.75, 3.05) is 26.4 Å². The van der Waals surface area contributed by atoms with Crippen molar-refractivity contribution in [3.05, 3.63) is 24.3 Å². The molecule has 0 aromatic heterocycles. The zero-order valence-electron chi connectivity index (χ0n) is 11.7. The monoisotopic (exact) mass is 336 g/mol. The van der Waals surface area contributed by atoms with Crippen molar-refractivity contribution in [2.45, 2.75) is 28.7 Å². The maximum Gasteiger partial charge on any atom is 0.244 e. The minimum absolute atomic E-state index is 0. The summed E-state index contributed by atoms with van der Waals surface area (Å²) >= 11 is 1.47. The van der Waals surface area contributed by atoms with Gasteiger partial charge in [-0.15, -0.1) is 24.2 Å². The lowest BCUT2D eigenvalue weighted by molar-refractivity contribution is 0.298. The number of hydrogen-bond donors (Lipinski definition) is 1. The molecule has 20 heavy (non-hydrogen) atoms. The standard InChI is InChI=1S/C13H20N2O2S2.ClH/c1-14-11-7-9-15(10-8-11)19(16,17)13-6-4-3-5-12(13)18-2;/h3-6,11,14H,7-10H2,1-2H3;1H. The second-order valence-corrected chi connectivity index (χ2v) is 7.37. The highest BCUT2D eigenvalue weighted by Crippen LogP contribution is 2.28. The van der Waals surface area contributed by atoms with Crippen LogP contribution in [-0.4, -0.2) is 45.2 Å². The fourth-order valence-corrected chi connectivity index (χ4v) is 4.95. The lowest BCUT2D eigenvalue weighted by atomic mass is 10.1. The number of nitrogens with zero attached hydrogens (tertiary/aromatic N) is 1. The molecular formula is C13H21ClN2O2S2. The third-order valence-corrected chi connectivity index (χ3v) is 6.43. The summed E-state index contributed by atoms with van der Waals surface area (Å²) in [6.07, 6.45) is 3.65. The van der Waals surface area contributed by atoms with Gasteiger partial charge in [0.15, 0.2) is 0 Å². The average molecular weight is 337 g/mol. The first kappa shape index (κ1) is 17.8. The van der Waals surface area contributed by atoms with E-state index in [1.165, 1.54) is 11.8 Å². The first-order chi connectivity index (χ1) is 9.09. The van der Waals surface area contributed by atoms with E-state index in [9.17, 15) is 8.42 Å². The predicted octanol–water partition coefficient (Wildman–Crippen LogP) is 2.20. The molecule has 1 aromatic carbocycles. The Labute approximate surface area is 131 Å². The minimum Gasteiger partial charge on any atom is -0.317 e. The molecule has 0 amide bonds. The minimum atomic E-state index is -3.35. The van der Waals surface area contributed by atoms with E-state index in [-0.39, 0.29) is 12.4 Å². The molecule has 1 aliphatic rings. The zero-order chi connectivity index (χ0) is 13.9. The van der Waals surface area contributed by atoms with E-state index in [0.29, 0.717) is 24.0 Å². The van der Waals surface area contributed by atoms with Crippen LogP contribution in [0.2, 0.25) is 0 Å². The number of thioether (sulfide) groups is 1. The van der Waals surface area contributed by atoms with E-state index < -0.39 is 10.0 Å². The zero-order valence-corrected chi connectivity index (χ0v) is 14.2. The Morgan fingerprint density at radius 3 is 2.40 bits per heavy atom. The summed E-state index contributed by atoms with van der Waals surface area (Å²) in [4.78, 5) is 1.25. The van der Waals surface area contributed by atoms with Crippen molar-refractivity contribution in [1.82, 2.24) is 9.62 Å². The van der Waals surface area contributed by atoms with Crippen molar-refractivity contribution in [3.63, 3.8) is 0 Å². The molecule has 1 aromatic rings. The quantitative estimate of drug-likeness (QED) is 0.856. The van der Waals surface area contributed by atoms with Gasteiger partial charge in [-0.2, -0.15) is 4.31 Å². The van der Waals surface area contributed by atoms with Crippen LogP contribution in [-0.2, 0) is 10.0 Å². The summed E-state index contributed by atoms with van der Waals surface area (Å²) in [6, 6.07) is 7.65. The van der Waals surface area contributed by atoms with Crippen LogP contribution in [0.1, 0.15) is 12.8 Å². The lowest BCUT2D eigenvalue weighted by Crippen LogP contribution is -2.43. The van der Waals surface area contributed by atoms with Crippen LogP contribution in [0.25, 0.3) is 0 Å². The van der Waals surface area contributed by atoms with E-state index in [4.69, 9.17) is 0 Å². The van der Waals surface area contributed by atoms with Gasteiger partial charge in [0.05, 0.1) is 4.90 Å². The summed E-state index contributed by atoms with van der Waals surface area (Å²) in [6.45, 7) is 1.19. The lowest BCUT2D eigenvalue weighted by Gasteiger charge is -2.31. The highest BCUT2D eigenvalue weighted by molar-refractivity contribution is 7.99. The van der Waals surface area contributed by atoms with Gasteiger partial charge in [-0.3, -0.25) is 0 Å². The molecule has 0 saturated carbocycles. The Balaban J connectivity index is 0.00000200. The SMILES string of the molecule is CNC1CCN(S(=O)(=O)c2ccccc2SC)CC1.Cl. The Hall–Kier alpha value is -0.270. The maximum absolute atomic E-state index is 12.7. The number of hydrogen-bond acceptors (Lipinski definition) is 4. The van der Waals surface area contributed by atoms with Crippen LogP contribution in [0.4, 0.5) is 0 Å². The topological polar surface area (TPSA) is 49.4 Å². The molecule has 0 spiro atoms. The van der Waals surface area contributed by atoms with E-state index in [1.807, 2.05) is 25.4 Å². The molecule has 4 nitrogen and oxygen atoms in total. The molecule has 0 bridgehead atoms. The molecule has 0 unspecified atom stereocenters. The van der Waals surface area contributed by atoms with Gasteiger partial charge in [-0.25, -0.2) is 8.42 Å². The Morgan fingerprint density at radius 2 is 1.85 bits per heavy atom. The van der Waals surface area contributed by atoms with Crippen molar-refractivity contribution < 1.29 is 8.42 Å². The molecule has 7 heteroatoms.